The van der Waals surface area contributed by atoms with Crippen molar-refractivity contribution in [3.05, 3.63) is 215 Å². The molecule has 4 aromatic heterocycles. The molecule has 14 heteroatoms. The van der Waals surface area contributed by atoms with Gasteiger partial charge in [0.15, 0.2) is 11.4 Å². The molecule has 8 heterocycles. The van der Waals surface area contributed by atoms with E-state index >= 15 is 0 Å². The molecule has 4 aliphatic rings. The molecule has 4 saturated heterocycles. The van der Waals surface area contributed by atoms with E-state index in [2.05, 4.69) is 140 Å². The monoisotopic (exact) mass is 1160 g/mol. The zero-order valence-corrected chi connectivity index (χ0v) is 54.6. The van der Waals surface area contributed by atoms with Crippen LogP contribution in [0.3, 0.4) is 0 Å². The summed E-state index contributed by atoms with van der Waals surface area (Å²) in [5.41, 5.74) is 17.1. The van der Waals surface area contributed by atoms with Gasteiger partial charge in [-0.2, -0.15) is 24.8 Å². The summed E-state index contributed by atoms with van der Waals surface area (Å²) in [7, 11) is 0. The van der Waals surface area contributed by atoms with Gasteiger partial charge in [0.25, 0.3) is 0 Å². The standard InChI is InChI=1S/4C13H13N2.4C4H8O.2Ca/c4*1-10-5-7-12(8-6-10)15-11(2)13-4-3-9-14-13;4*1-2-4-5-3-1;;/h4*3-9H,1-2H3;4*1-4H2;;/q4*-1;;;;;2*+2/p+2. The largest absolute Gasteiger partial charge is 2.00 e. The van der Waals surface area contributed by atoms with Gasteiger partial charge in [-0.05, 0) is 117 Å². The van der Waals surface area contributed by atoms with E-state index in [4.69, 9.17) is 18.9 Å². The summed E-state index contributed by atoms with van der Waals surface area (Å²) in [5, 5.41) is 0. The fraction of sp³-hybridized carbons (Fsp3) is 0.353. The van der Waals surface area contributed by atoms with Crippen LogP contribution in [0.2, 0.25) is 0 Å². The Balaban J connectivity index is 0.000000255. The molecule has 4 fully saturated rings. The molecule has 0 saturated carbocycles. The zero-order chi connectivity index (χ0) is 56.8. The molecule has 0 aliphatic carbocycles. The van der Waals surface area contributed by atoms with Gasteiger partial charge >= 0.3 is 75.5 Å². The number of aliphatic imine (C=N–C) groups is 2. The van der Waals surface area contributed by atoms with Crippen molar-refractivity contribution in [2.24, 2.45) is 9.98 Å². The molecule has 0 bridgehead atoms. The van der Waals surface area contributed by atoms with Crippen molar-refractivity contribution in [3.63, 3.8) is 0 Å². The van der Waals surface area contributed by atoms with Crippen LogP contribution in [-0.4, -0.2) is 151 Å². The summed E-state index contributed by atoms with van der Waals surface area (Å²) in [6.45, 7) is 24.3. The number of ether oxygens (including phenoxy) is 4. The Bertz CT molecular complexity index is 2480. The Morgan fingerprint density at radius 3 is 0.768 bits per heavy atom. The Hall–Kier alpha value is -4.96. The van der Waals surface area contributed by atoms with Crippen molar-refractivity contribution < 1.29 is 28.9 Å². The number of nitrogens with one attached hydrogen (secondary N) is 2. The van der Waals surface area contributed by atoms with Crippen LogP contribution in [-0.2, 0) is 18.9 Å². The third-order valence-corrected chi connectivity index (χ3v) is 12.5. The molecule has 0 atom stereocenters. The zero-order valence-electron chi connectivity index (χ0n) is 50.2. The van der Waals surface area contributed by atoms with Gasteiger partial charge in [-0.3, -0.25) is 9.98 Å². The Labute approximate surface area is 549 Å². The van der Waals surface area contributed by atoms with E-state index in [1.54, 1.807) is 24.8 Å². The van der Waals surface area contributed by atoms with Crippen molar-refractivity contribution in [1.29, 1.82) is 0 Å². The van der Waals surface area contributed by atoms with Crippen molar-refractivity contribution in [3.8, 4) is 0 Å². The number of hydrogen-bond donors (Lipinski definition) is 2. The SMILES string of the molecule is C1CCOC1.C1CCOC1.C1CCOC1.C1CCOC1.CC(=Nc1ccc(C)cc1)c1ccc[n-]1.CC(=Nc1ccc(C)cc1)c1ccc[n-]1.CC(=[NH+]c1ccc(C)cc1)c1ccc[n-]1.CC(=[NH+]c1ccc(C)cc1)c1ccc[n-]1.[Ca+2].[Ca+2]. The van der Waals surface area contributed by atoms with Gasteiger partial charge in [-0.25, -0.2) is 9.98 Å². The van der Waals surface area contributed by atoms with E-state index in [0.717, 1.165) is 121 Å². The van der Waals surface area contributed by atoms with Crippen LogP contribution in [0.5, 0.6) is 0 Å². The van der Waals surface area contributed by atoms with Crippen LogP contribution in [0.15, 0.2) is 180 Å². The molecule has 0 amide bonds. The molecule has 2 N–H and O–H groups in total. The van der Waals surface area contributed by atoms with Crippen LogP contribution in [0, 0.1) is 27.7 Å². The van der Waals surface area contributed by atoms with Gasteiger partial charge in [-0.1, -0.05) is 131 Å². The minimum Gasteiger partial charge on any atom is -0.663 e. The molecule has 424 valence electrons. The number of aryl methyl sites for hydroxylation is 4. The summed E-state index contributed by atoms with van der Waals surface area (Å²) in [4.78, 5) is 32.5. The maximum absolute atomic E-state index is 4.94. The quantitative estimate of drug-likeness (QED) is 0.113. The molecule has 4 aromatic carbocycles. The van der Waals surface area contributed by atoms with E-state index in [9.17, 15) is 0 Å². The van der Waals surface area contributed by atoms with Gasteiger partial charge in [0.2, 0.25) is 11.4 Å². The van der Waals surface area contributed by atoms with Crippen LogP contribution < -0.4 is 29.9 Å². The van der Waals surface area contributed by atoms with Gasteiger partial charge in [0.05, 0.1) is 11.4 Å². The van der Waals surface area contributed by atoms with E-state index < -0.39 is 0 Å². The summed E-state index contributed by atoms with van der Waals surface area (Å²) in [6, 6.07) is 48.6. The van der Waals surface area contributed by atoms with Gasteiger partial charge in [-0.15, -0.1) is 11.4 Å². The Morgan fingerprint density at radius 1 is 0.329 bits per heavy atom. The molecular formula is C68H86Ca2N8O4+2. The predicted molar refractivity (Wildman–Crippen MR) is 340 cm³/mol. The van der Waals surface area contributed by atoms with E-state index in [0.29, 0.717) is 0 Å². The van der Waals surface area contributed by atoms with Gasteiger partial charge in [0.1, 0.15) is 0 Å². The summed E-state index contributed by atoms with van der Waals surface area (Å²) in [5.74, 6) is 0. The fourth-order valence-corrected chi connectivity index (χ4v) is 7.69. The van der Waals surface area contributed by atoms with E-state index in [1.807, 2.05) is 100 Å². The first kappa shape index (κ1) is 71.3. The Kier molecular flexibility index (Phi) is 38.0. The summed E-state index contributed by atoms with van der Waals surface area (Å²) >= 11 is 0. The first-order valence-corrected chi connectivity index (χ1v) is 28.2. The molecule has 8 aromatic rings. The molecule has 0 unspecified atom stereocenters. The molecule has 82 heavy (non-hydrogen) atoms. The maximum Gasteiger partial charge on any atom is 2.00 e. The average Bonchev–Trinajstić information content (AvgIpc) is 4.34. The first-order chi connectivity index (χ1) is 39.0. The molecule has 4 aliphatic heterocycles. The van der Waals surface area contributed by atoms with Gasteiger partial charge in [0, 0.05) is 102 Å². The van der Waals surface area contributed by atoms with Crippen LogP contribution in [0.1, 0.15) is 124 Å². The Morgan fingerprint density at radius 2 is 0.561 bits per heavy atom. The second-order valence-corrected chi connectivity index (χ2v) is 19.7. The topological polar surface area (TPSA) is 146 Å². The van der Waals surface area contributed by atoms with E-state index in [-0.39, 0.29) is 75.5 Å². The molecular weight excluding hydrogens is 1070 g/mol. The summed E-state index contributed by atoms with van der Waals surface area (Å²) in [6.07, 6.45) is 17.4. The van der Waals surface area contributed by atoms with Crippen molar-refractivity contribution in [2.75, 3.05) is 52.9 Å². The first-order valence-electron chi connectivity index (χ1n) is 28.2. The second kappa shape index (κ2) is 43.7. The summed E-state index contributed by atoms with van der Waals surface area (Å²) < 4.78 is 19.8. The number of aromatic nitrogens is 4. The fourth-order valence-electron chi connectivity index (χ4n) is 7.69. The van der Waals surface area contributed by atoms with E-state index in [1.165, 1.54) is 73.6 Å². The number of rotatable bonds is 8. The molecule has 12 rings (SSSR count). The maximum atomic E-state index is 4.94. The second-order valence-electron chi connectivity index (χ2n) is 19.7. The third kappa shape index (κ3) is 31.1. The van der Waals surface area contributed by atoms with Crippen molar-refractivity contribution in [1.82, 2.24) is 19.9 Å². The minimum atomic E-state index is 0. The smallest absolute Gasteiger partial charge is 0.663 e. The van der Waals surface area contributed by atoms with Crippen LogP contribution >= 0.6 is 0 Å². The van der Waals surface area contributed by atoms with Crippen LogP contribution in [0.4, 0.5) is 22.7 Å². The minimum absolute atomic E-state index is 0. The third-order valence-electron chi connectivity index (χ3n) is 12.5. The van der Waals surface area contributed by atoms with Crippen LogP contribution in [0.25, 0.3) is 0 Å². The molecule has 12 nitrogen and oxygen atoms in total. The van der Waals surface area contributed by atoms with Gasteiger partial charge < -0.3 is 38.9 Å². The molecule has 0 spiro atoms. The number of nitrogens with zero attached hydrogens (tertiary/aromatic N) is 6. The molecule has 0 radical (unpaired) electrons. The van der Waals surface area contributed by atoms with Crippen molar-refractivity contribution >= 4 is 121 Å². The number of hydrogen-bond acceptors (Lipinski definition) is 6. The predicted octanol–water partition coefficient (Wildman–Crippen LogP) is 11.0. The number of benzene rings is 4. The normalized spacial score (nSPS) is 14.4. The van der Waals surface area contributed by atoms with Crippen molar-refractivity contribution in [2.45, 2.75) is 107 Å². The average molecular weight is 1160 g/mol.